The average molecular weight is 296 g/mol. The van der Waals surface area contributed by atoms with E-state index in [1.165, 1.54) is 17.0 Å². The van der Waals surface area contributed by atoms with Gasteiger partial charge in [0.05, 0.1) is 5.92 Å². The molecule has 0 aliphatic carbocycles. The number of hydrogen-bond donors (Lipinski definition) is 2. The minimum Gasteiger partial charge on any atom is -0.481 e. The minimum atomic E-state index is -0.936. The number of nitrogens with one attached hydrogen (secondary N) is 1. The number of hydrogen-bond acceptors (Lipinski definition) is 2. The second-order valence-corrected chi connectivity index (χ2v) is 5.26. The number of urea groups is 1. The molecule has 1 rings (SSSR count). The summed E-state index contributed by atoms with van der Waals surface area (Å²) in [6, 6.07) is 5.81. The second-order valence-electron chi connectivity index (χ2n) is 5.26. The van der Waals surface area contributed by atoms with Gasteiger partial charge in [-0.15, -0.1) is 0 Å². The third-order valence-corrected chi connectivity index (χ3v) is 3.31. The Morgan fingerprint density at radius 1 is 1.29 bits per heavy atom. The van der Waals surface area contributed by atoms with Gasteiger partial charge in [-0.2, -0.15) is 0 Å². The van der Waals surface area contributed by atoms with Crippen LogP contribution in [0.25, 0.3) is 0 Å². The zero-order valence-corrected chi connectivity index (χ0v) is 12.5. The van der Waals surface area contributed by atoms with E-state index in [1.54, 1.807) is 26.1 Å². The Bertz CT molecular complexity index is 490. The number of carbonyl (C=O) groups is 2. The number of amides is 2. The number of benzene rings is 1. The number of carbonyl (C=O) groups excluding carboxylic acids is 1. The first-order chi connectivity index (χ1) is 9.81. The lowest BCUT2D eigenvalue weighted by molar-refractivity contribution is -0.141. The van der Waals surface area contributed by atoms with Crippen molar-refractivity contribution in [2.75, 3.05) is 20.1 Å². The van der Waals surface area contributed by atoms with Crippen molar-refractivity contribution < 1.29 is 19.1 Å². The number of carboxylic acids is 1. The van der Waals surface area contributed by atoms with Crippen molar-refractivity contribution in [3.05, 3.63) is 35.6 Å². The van der Waals surface area contributed by atoms with Gasteiger partial charge >= 0.3 is 12.0 Å². The molecule has 21 heavy (non-hydrogen) atoms. The van der Waals surface area contributed by atoms with Crippen LogP contribution in [0.1, 0.15) is 25.3 Å². The zero-order valence-electron chi connectivity index (χ0n) is 12.5. The lowest BCUT2D eigenvalue weighted by Gasteiger charge is -2.21. The first-order valence-electron chi connectivity index (χ1n) is 6.78. The Balaban J connectivity index is 2.45. The molecule has 0 saturated heterocycles. The topological polar surface area (TPSA) is 69.6 Å². The van der Waals surface area contributed by atoms with Crippen LogP contribution in [0.3, 0.4) is 0 Å². The Labute approximate surface area is 123 Å². The maximum atomic E-state index is 12.8. The summed E-state index contributed by atoms with van der Waals surface area (Å²) in [6.07, 6.45) is 0. The molecule has 2 atom stereocenters. The van der Waals surface area contributed by atoms with Crippen LogP contribution in [0.5, 0.6) is 0 Å². The van der Waals surface area contributed by atoms with E-state index >= 15 is 0 Å². The SMILES string of the molecule is CC(CN(C)C(=O)NCC(C)c1ccc(F)cc1)C(=O)O. The van der Waals surface area contributed by atoms with Crippen molar-refractivity contribution in [3.63, 3.8) is 0 Å². The van der Waals surface area contributed by atoms with Gasteiger partial charge in [-0.05, 0) is 23.6 Å². The Morgan fingerprint density at radius 2 is 1.86 bits per heavy atom. The highest BCUT2D eigenvalue weighted by Crippen LogP contribution is 2.14. The molecule has 0 aliphatic rings. The number of halogens is 1. The van der Waals surface area contributed by atoms with Crippen LogP contribution in [-0.4, -0.2) is 42.1 Å². The lowest BCUT2D eigenvalue weighted by atomic mass is 10.0. The normalized spacial score (nSPS) is 13.3. The summed E-state index contributed by atoms with van der Waals surface area (Å²) in [5, 5.41) is 11.6. The van der Waals surface area contributed by atoms with Crippen LogP contribution in [-0.2, 0) is 4.79 Å². The van der Waals surface area contributed by atoms with Gasteiger partial charge in [-0.3, -0.25) is 4.79 Å². The summed E-state index contributed by atoms with van der Waals surface area (Å²) >= 11 is 0. The molecule has 0 aromatic heterocycles. The third-order valence-electron chi connectivity index (χ3n) is 3.31. The summed E-state index contributed by atoms with van der Waals surface area (Å²) in [5.41, 5.74) is 0.929. The van der Waals surface area contributed by atoms with Gasteiger partial charge in [0.2, 0.25) is 0 Å². The molecule has 0 fully saturated rings. The maximum Gasteiger partial charge on any atom is 0.317 e. The number of carboxylic acid groups (broad SMARTS) is 1. The Hall–Kier alpha value is -2.11. The zero-order chi connectivity index (χ0) is 16.0. The van der Waals surface area contributed by atoms with E-state index < -0.39 is 11.9 Å². The van der Waals surface area contributed by atoms with E-state index in [9.17, 15) is 14.0 Å². The fourth-order valence-corrected chi connectivity index (χ4v) is 1.86. The van der Waals surface area contributed by atoms with Crippen LogP contribution in [0.15, 0.2) is 24.3 Å². The molecule has 1 aromatic carbocycles. The van der Waals surface area contributed by atoms with Gasteiger partial charge in [-0.1, -0.05) is 26.0 Å². The lowest BCUT2D eigenvalue weighted by Crippen LogP contribution is -2.41. The van der Waals surface area contributed by atoms with E-state index in [1.807, 2.05) is 6.92 Å². The standard InChI is InChI=1S/C15H21FN2O3/c1-10(12-4-6-13(16)7-5-12)8-17-15(21)18(3)9-11(2)14(19)20/h4-7,10-11H,8-9H2,1-3H3,(H,17,21)(H,19,20). The van der Waals surface area contributed by atoms with Gasteiger partial charge in [-0.25, -0.2) is 9.18 Å². The van der Waals surface area contributed by atoms with Gasteiger partial charge in [0.15, 0.2) is 0 Å². The highest BCUT2D eigenvalue weighted by Gasteiger charge is 2.17. The predicted molar refractivity (Wildman–Crippen MR) is 77.6 cm³/mol. The van der Waals surface area contributed by atoms with Crippen molar-refractivity contribution in [2.45, 2.75) is 19.8 Å². The smallest absolute Gasteiger partial charge is 0.317 e. The van der Waals surface area contributed by atoms with Crippen molar-refractivity contribution in [2.24, 2.45) is 5.92 Å². The van der Waals surface area contributed by atoms with Crippen LogP contribution in [0.2, 0.25) is 0 Å². The van der Waals surface area contributed by atoms with E-state index in [4.69, 9.17) is 5.11 Å². The van der Waals surface area contributed by atoms with Gasteiger partial charge < -0.3 is 15.3 Å². The molecule has 5 nitrogen and oxygen atoms in total. The van der Waals surface area contributed by atoms with Gasteiger partial charge in [0, 0.05) is 20.1 Å². The molecule has 6 heteroatoms. The molecule has 2 N–H and O–H groups in total. The van der Waals surface area contributed by atoms with Gasteiger partial charge in [0.25, 0.3) is 0 Å². The maximum absolute atomic E-state index is 12.8. The molecule has 0 spiro atoms. The molecule has 0 aliphatic heterocycles. The number of aliphatic carboxylic acids is 1. The predicted octanol–water partition coefficient (Wildman–Crippen LogP) is 2.29. The molecule has 2 unspecified atom stereocenters. The van der Waals surface area contributed by atoms with Crippen LogP contribution >= 0.6 is 0 Å². The van der Waals surface area contributed by atoms with Crippen LogP contribution in [0, 0.1) is 11.7 Å². The Kier molecular flexibility index (Phi) is 6.14. The summed E-state index contributed by atoms with van der Waals surface area (Å²) < 4.78 is 12.8. The van der Waals surface area contributed by atoms with Crippen LogP contribution < -0.4 is 5.32 Å². The summed E-state index contributed by atoms with van der Waals surface area (Å²) in [7, 11) is 1.55. The van der Waals surface area contributed by atoms with Gasteiger partial charge in [0.1, 0.15) is 5.82 Å². The molecule has 0 radical (unpaired) electrons. The molecular weight excluding hydrogens is 275 g/mol. The van der Waals surface area contributed by atoms with E-state index in [-0.39, 0.29) is 24.3 Å². The average Bonchev–Trinajstić information content (AvgIpc) is 2.44. The van der Waals surface area contributed by atoms with E-state index in [2.05, 4.69) is 5.32 Å². The fourth-order valence-electron chi connectivity index (χ4n) is 1.86. The molecule has 1 aromatic rings. The highest BCUT2D eigenvalue weighted by atomic mass is 19.1. The fraction of sp³-hybridized carbons (Fsp3) is 0.467. The summed E-state index contributed by atoms with van der Waals surface area (Å²) in [4.78, 5) is 23.9. The van der Waals surface area contributed by atoms with E-state index in [0.717, 1.165) is 5.56 Å². The molecule has 2 amide bonds. The third kappa shape index (κ3) is 5.41. The molecular formula is C15H21FN2O3. The first kappa shape index (κ1) is 16.9. The molecule has 0 heterocycles. The first-order valence-corrected chi connectivity index (χ1v) is 6.78. The summed E-state index contributed by atoms with van der Waals surface area (Å²) in [5.74, 6) is -1.80. The van der Waals surface area contributed by atoms with Crippen molar-refractivity contribution in [1.29, 1.82) is 0 Å². The number of rotatable bonds is 6. The summed E-state index contributed by atoms with van der Waals surface area (Å²) in [6.45, 7) is 4.02. The quantitative estimate of drug-likeness (QED) is 0.846. The van der Waals surface area contributed by atoms with Crippen molar-refractivity contribution in [3.8, 4) is 0 Å². The second kappa shape index (κ2) is 7.61. The largest absolute Gasteiger partial charge is 0.481 e. The molecule has 116 valence electrons. The monoisotopic (exact) mass is 296 g/mol. The number of nitrogens with zero attached hydrogens (tertiary/aromatic N) is 1. The molecule has 0 bridgehead atoms. The highest BCUT2D eigenvalue weighted by molar-refractivity contribution is 5.75. The minimum absolute atomic E-state index is 0.0415. The van der Waals surface area contributed by atoms with Crippen molar-refractivity contribution >= 4 is 12.0 Å². The Morgan fingerprint density at radius 3 is 2.38 bits per heavy atom. The molecule has 0 saturated carbocycles. The van der Waals surface area contributed by atoms with Crippen molar-refractivity contribution in [1.82, 2.24) is 10.2 Å². The van der Waals surface area contributed by atoms with E-state index in [0.29, 0.717) is 6.54 Å². The van der Waals surface area contributed by atoms with Crippen LogP contribution in [0.4, 0.5) is 9.18 Å².